The first-order valence-corrected chi connectivity index (χ1v) is 2.40. The maximum atomic E-state index is 10.1. The van der Waals surface area contributed by atoms with Gasteiger partial charge in [-0.2, -0.15) is 0 Å². The topological polar surface area (TPSA) is 55.1 Å². The Bertz CT molecular complexity index is 66.0. The molecule has 0 radical (unpaired) electrons. The van der Waals surface area contributed by atoms with E-state index in [0.29, 0.717) is 5.88 Å². The number of hydrazine groups is 1. The lowest BCUT2D eigenvalue weighted by Gasteiger charge is -1.90. The van der Waals surface area contributed by atoms with Gasteiger partial charge in [0, 0.05) is 12.3 Å². The lowest BCUT2D eigenvalue weighted by molar-refractivity contribution is -0.120. The van der Waals surface area contributed by atoms with Crippen molar-refractivity contribution in [1.29, 1.82) is 0 Å². The molecular formula is C3H7ClN2O. The predicted molar refractivity (Wildman–Crippen MR) is 27.7 cm³/mol. The van der Waals surface area contributed by atoms with E-state index in [9.17, 15) is 4.79 Å². The minimum absolute atomic E-state index is 0.227. The molecule has 42 valence electrons. The Morgan fingerprint density at radius 3 is 2.57 bits per heavy atom. The molecule has 0 saturated heterocycles. The summed E-state index contributed by atoms with van der Waals surface area (Å²) >= 11 is 5.16. The smallest absolute Gasteiger partial charge is 0.235 e. The minimum atomic E-state index is -0.227. The van der Waals surface area contributed by atoms with E-state index in [-0.39, 0.29) is 12.3 Å². The molecular weight excluding hydrogens is 115 g/mol. The van der Waals surface area contributed by atoms with E-state index in [0.717, 1.165) is 0 Å². The number of rotatable bonds is 2. The maximum absolute atomic E-state index is 10.1. The van der Waals surface area contributed by atoms with Gasteiger partial charge in [-0.1, -0.05) is 0 Å². The summed E-state index contributed by atoms with van der Waals surface area (Å²) in [4.78, 5) is 10.1. The molecule has 0 saturated carbocycles. The van der Waals surface area contributed by atoms with Crippen LogP contribution in [0.1, 0.15) is 6.42 Å². The van der Waals surface area contributed by atoms with Gasteiger partial charge in [0.15, 0.2) is 0 Å². The number of carbonyl (C=O) groups excluding carboxylic acids is 1. The molecule has 3 N–H and O–H groups in total. The monoisotopic (exact) mass is 122 g/mol. The summed E-state index contributed by atoms with van der Waals surface area (Å²) in [6, 6.07) is 0. The van der Waals surface area contributed by atoms with Gasteiger partial charge in [0.25, 0.3) is 0 Å². The molecule has 0 aliphatic heterocycles. The van der Waals surface area contributed by atoms with Crippen molar-refractivity contribution in [3.8, 4) is 0 Å². The second-order valence-corrected chi connectivity index (χ2v) is 1.38. The highest BCUT2D eigenvalue weighted by molar-refractivity contribution is 6.18. The van der Waals surface area contributed by atoms with Crippen molar-refractivity contribution in [3.05, 3.63) is 0 Å². The van der Waals surface area contributed by atoms with Crippen LogP contribution in [-0.4, -0.2) is 11.8 Å². The third-order valence-electron chi connectivity index (χ3n) is 0.483. The van der Waals surface area contributed by atoms with Crippen LogP contribution < -0.4 is 11.3 Å². The number of hydrogen-bond acceptors (Lipinski definition) is 2. The average Bonchev–Trinajstić information content (AvgIpc) is 1.68. The molecule has 0 aliphatic rings. The van der Waals surface area contributed by atoms with Crippen LogP contribution in [0, 0.1) is 0 Å². The van der Waals surface area contributed by atoms with Gasteiger partial charge >= 0.3 is 0 Å². The standard InChI is InChI=1S/C3H7ClN2O/c4-2-1-3(7)6-5/h1-2,5H2,(H,6,7). The van der Waals surface area contributed by atoms with Gasteiger partial charge in [-0.25, -0.2) is 5.84 Å². The van der Waals surface area contributed by atoms with Gasteiger partial charge in [0.1, 0.15) is 0 Å². The minimum Gasteiger partial charge on any atom is -0.294 e. The van der Waals surface area contributed by atoms with E-state index < -0.39 is 0 Å². The highest BCUT2D eigenvalue weighted by Crippen LogP contribution is 1.80. The Labute approximate surface area is 46.8 Å². The molecule has 4 heteroatoms. The van der Waals surface area contributed by atoms with Gasteiger partial charge in [-0.15, -0.1) is 11.6 Å². The maximum Gasteiger partial charge on any atom is 0.235 e. The highest BCUT2D eigenvalue weighted by Gasteiger charge is 1.91. The van der Waals surface area contributed by atoms with E-state index in [1.807, 2.05) is 5.43 Å². The quantitative estimate of drug-likeness (QED) is 0.227. The van der Waals surface area contributed by atoms with Gasteiger partial charge in [-0.3, -0.25) is 10.2 Å². The van der Waals surface area contributed by atoms with Gasteiger partial charge < -0.3 is 0 Å². The first-order chi connectivity index (χ1) is 3.31. The van der Waals surface area contributed by atoms with E-state index in [1.54, 1.807) is 0 Å². The molecule has 0 rings (SSSR count). The summed E-state index contributed by atoms with van der Waals surface area (Å²) in [5.41, 5.74) is 1.94. The van der Waals surface area contributed by atoms with Crippen molar-refractivity contribution < 1.29 is 4.79 Å². The van der Waals surface area contributed by atoms with Crippen molar-refractivity contribution in [2.75, 3.05) is 5.88 Å². The number of alkyl halides is 1. The van der Waals surface area contributed by atoms with Crippen LogP contribution in [0.25, 0.3) is 0 Å². The molecule has 0 spiro atoms. The molecule has 7 heavy (non-hydrogen) atoms. The molecule has 0 aromatic carbocycles. The zero-order valence-corrected chi connectivity index (χ0v) is 4.53. The molecule has 1 amide bonds. The zero-order valence-electron chi connectivity index (χ0n) is 3.78. The Morgan fingerprint density at radius 2 is 2.43 bits per heavy atom. The van der Waals surface area contributed by atoms with E-state index in [4.69, 9.17) is 17.4 Å². The number of amides is 1. The summed E-state index contributed by atoms with van der Waals surface area (Å²) in [5.74, 6) is 4.80. The van der Waals surface area contributed by atoms with E-state index in [2.05, 4.69) is 0 Å². The van der Waals surface area contributed by atoms with Crippen LogP contribution in [-0.2, 0) is 4.79 Å². The molecule has 0 fully saturated rings. The molecule has 0 heterocycles. The van der Waals surface area contributed by atoms with E-state index in [1.165, 1.54) is 0 Å². The molecule has 0 aromatic rings. The van der Waals surface area contributed by atoms with Crippen LogP contribution in [0.3, 0.4) is 0 Å². The summed E-state index contributed by atoms with van der Waals surface area (Å²) in [5, 5.41) is 0. The fraction of sp³-hybridized carbons (Fsp3) is 0.667. The second kappa shape index (κ2) is 3.89. The van der Waals surface area contributed by atoms with Crippen LogP contribution >= 0.6 is 11.6 Å². The molecule has 0 aromatic heterocycles. The molecule has 3 nitrogen and oxygen atoms in total. The number of carbonyl (C=O) groups is 1. The third kappa shape index (κ3) is 3.55. The molecule has 0 unspecified atom stereocenters. The predicted octanol–water partition coefficient (Wildman–Crippen LogP) is -0.395. The Morgan fingerprint density at radius 1 is 1.86 bits per heavy atom. The van der Waals surface area contributed by atoms with Crippen molar-refractivity contribution in [1.82, 2.24) is 5.43 Å². The number of halogens is 1. The van der Waals surface area contributed by atoms with Crippen molar-refractivity contribution in [2.45, 2.75) is 6.42 Å². The zero-order chi connectivity index (χ0) is 5.70. The molecule has 0 bridgehead atoms. The van der Waals surface area contributed by atoms with Crippen molar-refractivity contribution in [3.63, 3.8) is 0 Å². The Kier molecular flexibility index (Phi) is 3.74. The SMILES string of the molecule is NNC(=O)CCCl. The Balaban J connectivity index is 3.00. The van der Waals surface area contributed by atoms with Crippen LogP contribution in [0.2, 0.25) is 0 Å². The average molecular weight is 123 g/mol. The van der Waals surface area contributed by atoms with Crippen LogP contribution in [0.5, 0.6) is 0 Å². The summed E-state index contributed by atoms with van der Waals surface area (Å²) in [6.07, 6.45) is 0.290. The largest absolute Gasteiger partial charge is 0.294 e. The summed E-state index contributed by atoms with van der Waals surface area (Å²) < 4.78 is 0. The number of nitrogens with one attached hydrogen (secondary N) is 1. The third-order valence-corrected chi connectivity index (χ3v) is 0.672. The normalized spacial score (nSPS) is 8.29. The van der Waals surface area contributed by atoms with Crippen molar-refractivity contribution in [2.24, 2.45) is 5.84 Å². The molecule has 0 atom stereocenters. The summed E-state index contributed by atoms with van der Waals surface area (Å²) in [7, 11) is 0. The Hall–Kier alpha value is -0.280. The fourth-order valence-electron chi connectivity index (χ4n) is 0.158. The number of hydrogen-bond donors (Lipinski definition) is 2. The lowest BCUT2D eigenvalue weighted by Crippen LogP contribution is -2.29. The van der Waals surface area contributed by atoms with E-state index >= 15 is 0 Å². The first kappa shape index (κ1) is 6.72. The van der Waals surface area contributed by atoms with Gasteiger partial charge in [0.2, 0.25) is 5.91 Å². The first-order valence-electron chi connectivity index (χ1n) is 1.86. The molecule has 0 aliphatic carbocycles. The fourth-order valence-corrected chi connectivity index (χ4v) is 0.330. The highest BCUT2D eigenvalue weighted by atomic mass is 35.5. The van der Waals surface area contributed by atoms with Crippen LogP contribution in [0.4, 0.5) is 0 Å². The second-order valence-electron chi connectivity index (χ2n) is 1.01. The summed E-state index contributed by atoms with van der Waals surface area (Å²) in [6.45, 7) is 0. The number of nitrogens with two attached hydrogens (primary N) is 1. The lowest BCUT2D eigenvalue weighted by atomic mass is 10.5. The van der Waals surface area contributed by atoms with Crippen LogP contribution in [0.15, 0.2) is 0 Å². The van der Waals surface area contributed by atoms with Crippen molar-refractivity contribution >= 4 is 17.5 Å². The van der Waals surface area contributed by atoms with Gasteiger partial charge in [-0.05, 0) is 0 Å². The van der Waals surface area contributed by atoms with Gasteiger partial charge in [0.05, 0.1) is 0 Å².